The highest BCUT2D eigenvalue weighted by atomic mass is 32.2. The Morgan fingerprint density at radius 3 is 1.00 bits per heavy atom. The van der Waals surface area contributed by atoms with Gasteiger partial charge in [0.15, 0.2) is 0 Å². The van der Waals surface area contributed by atoms with Gasteiger partial charge in [-0.05, 0) is 48.5 Å². The molecule has 3 aliphatic heterocycles. The van der Waals surface area contributed by atoms with E-state index in [9.17, 15) is 9.59 Å². The van der Waals surface area contributed by atoms with E-state index >= 15 is 0 Å². The fourth-order valence-corrected chi connectivity index (χ4v) is 7.31. The number of fused-ring (bicyclic) bond motifs is 4. The fourth-order valence-electron chi connectivity index (χ4n) is 5.19. The minimum absolute atomic E-state index is 0.0534. The number of nitrogens with zero attached hydrogens (tertiary/aromatic N) is 4. The third-order valence-electron chi connectivity index (χ3n) is 7.07. The Morgan fingerprint density at radius 1 is 0.447 bits per heavy atom. The van der Waals surface area contributed by atoms with E-state index in [-0.39, 0.29) is 12.1 Å². The minimum atomic E-state index is -0.0534. The standard InChI is InChI=1S/C30H24N4O2S2/c35-29(33-21-9-1-5-13-25(21)37-26-14-6-2-10-22(26)33)31-17-19-32(20-18-31)30(36)34-23-11-3-7-15-27(23)38-28-16-8-4-12-24(28)34/h1-16H,17-20H2. The first-order valence-electron chi connectivity index (χ1n) is 12.6. The van der Waals surface area contributed by atoms with Gasteiger partial charge in [0, 0.05) is 45.8 Å². The summed E-state index contributed by atoms with van der Waals surface area (Å²) in [4.78, 5) is 39.5. The normalized spacial score (nSPS) is 15.8. The molecule has 4 aromatic carbocycles. The summed E-state index contributed by atoms with van der Waals surface area (Å²) < 4.78 is 0. The second-order valence-electron chi connectivity index (χ2n) is 9.29. The van der Waals surface area contributed by atoms with Gasteiger partial charge in [-0.1, -0.05) is 72.1 Å². The van der Waals surface area contributed by atoms with Crippen LogP contribution in [-0.4, -0.2) is 48.0 Å². The Morgan fingerprint density at radius 2 is 0.711 bits per heavy atom. The third kappa shape index (κ3) is 3.83. The van der Waals surface area contributed by atoms with Gasteiger partial charge >= 0.3 is 12.1 Å². The lowest BCUT2D eigenvalue weighted by atomic mass is 10.2. The average Bonchev–Trinajstić information content (AvgIpc) is 2.98. The van der Waals surface area contributed by atoms with Crippen LogP contribution in [-0.2, 0) is 0 Å². The molecule has 1 fully saturated rings. The van der Waals surface area contributed by atoms with E-state index in [1.54, 1.807) is 23.5 Å². The first-order chi connectivity index (χ1) is 18.7. The number of rotatable bonds is 0. The summed E-state index contributed by atoms with van der Waals surface area (Å²) in [6, 6.07) is 32.0. The van der Waals surface area contributed by atoms with Gasteiger partial charge < -0.3 is 9.80 Å². The molecule has 188 valence electrons. The van der Waals surface area contributed by atoms with E-state index in [0.29, 0.717) is 26.2 Å². The molecule has 0 N–H and O–H groups in total. The van der Waals surface area contributed by atoms with Crippen LogP contribution in [0.2, 0.25) is 0 Å². The van der Waals surface area contributed by atoms with Crippen molar-refractivity contribution in [1.82, 2.24) is 9.80 Å². The summed E-state index contributed by atoms with van der Waals surface area (Å²) in [6.45, 7) is 1.91. The van der Waals surface area contributed by atoms with Gasteiger partial charge in [0.05, 0.1) is 22.7 Å². The average molecular weight is 537 g/mol. The molecule has 0 aromatic heterocycles. The van der Waals surface area contributed by atoms with E-state index in [0.717, 1.165) is 42.3 Å². The van der Waals surface area contributed by atoms with Crippen LogP contribution in [0, 0.1) is 0 Å². The molecule has 3 heterocycles. The van der Waals surface area contributed by atoms with Crippen molar-refractivity contribution in [2.45, 2.75) is 19.6 Å². The maximum absolute atomic E-state index is 13.9. The van der Waals surface area contributed by atoms with Crippen molar-refractivity contribution in [3.05, 3.63) is 97.1 Å². The van der Waals surface area contributed by atoms with Gasteiger partial charge in [0.25, 0.3) is 0 Å². The lowest BCUT2D eigenvalue weighted by molar-refractivity contribution is 0.151. The predicted molar refractivity (Wildman–Crippen MR) is 152 cm³/mol. The largest absolute Gasteiger partial charge is 0.329 e. The molecule has 0 radical (unpaired) electrons. The monoisotopic (exact) mass is 536 g/mol. The first kappa shape index (κ1) is 23.3. The van der Waals surface area contributed by atoms with Crippen LogP contribution in [0.4, 0.5) is 32.3 Å². The molecule has 4 aromatic rings. The molecular formula is C30H24N4O2S2. The fraction of sp³-hybridized carbons (Fsp3) is 0.133. The van der Waals surface area contributed by atoms with E-state index in [1.807, 2.05) is 92.4 Å². The second-order valence-corrected chi connectivity index (χ2v) is 11.5. The number of piperazine rings is 1. The Balaban J connectivity index is 1.13. The summed E-state index contributed by atoms with van der Waals surface area (Å²) >= 11 is 3.37. The number of urea groups is 2. The molecule has 6 nitrogen and oxygen atoms in total. The van der Waals surface area contributed by atoms with Crippen molar-refractivity contribution in [3.63, 3.8) is 0 Å². The molecule has 7 rings (SSSR count). The Labute approximate surface area is 229 Å². The number of hydrogen-bond acceptors (Lipinski definition) is 4. The quantitative estimate of drug-likeness (QED) is 0.234. The van der Waals surface area contributed by atoms with Crippen LogP contribution in [0.15, 0.2) is 117 Å². The summed E-state index contributed by atoms with van der Waals surface area (Å²) in [7, 11) is 0. The van der Waals surface area contributed by atoms with Gasteiger partial charge in [-0.2, -0.15) is 0 Å². The van der Waals surface area contributed by atoms with Crippen LogP contribution >= 0.6 is 23.5 Å². The molecule has 4 amide bonds. The molecular weight excluding hydrogens is 512 g/mol. The maximum atomic E-state index is 13.9. The van der Waals surface area contributed by atoms with Gasteiger partial charge in [-0.15, -0.1) is 0 Å². The molecule has 3 aliphatic rings. The van der Waals surface area contributed by atoms with E-state index in [4.69, 9.17) is 0 Å². The molecule has 0 atom stereocenters. The Bertz CT molecular complexity index is 1360. The van der Waals surface area contributed by atoms with Crippen LogP contribution in [0.1, 0.15) is 0 Å². The molecule has 0 aliphatic carbocycles. The molecule has 0 unspecified atom stereocenters. The number of benzene rings is 4. The van der Waals surface area contributed by atoms with Crippen molar-refractivity contribution in [2.75, 3.05) is 36.0 Å². The molecule has 0 spiro atoms. The van der Waals surface area contributed by atoms with Crippen LogP contribution < -0.4 is 9.80 Å². The SMILES string of the molecule is O=C(N1CCN(C(=O)N2c3ccccc3Sc3ccccc32)CC1)N1c2ccccc2Sc2ccccc21. The number of hydrogen-bond donors (Lipinski definition) is 0. The number of para-hydroxylation sites is 4. The Hall–Kier alpha value is -3.88. The van der Waals surface area contributed by atoms with Crippen LogP contribution in [0.5, 0.6) is 0 Å². The maximum Gasteiger partial charge on any atom is 0.329 e. The highest BCUT2D eigenvalue weighted by Gasteiger charge is 2.36. The van der Waals surface area contributed by atoms with Gasteiger partial charge in [0.2, 0.25) is 0 Å². The van der Waals surface area contributed by atoms with Crippen LogP contribution in [0.25, 0.3) is 0 Å². The molecule has 38 heavy (non-hydrogen) atoms. The number of amides is 4. The van der Waals surface area contributed by atoms with Crippen molar-refractivity contribution in [3.8, 4) is 0 Å². The van der Waals surface area contributed by atoms with Gasteiger partial charge in [-0.25, -0.2) is 9.59 Å². The summed E-state index contributed by atoms with van der Waals surface area (Å²) in [5, 5.41) is 0. The molecule has 8 heteroatoms. The highest BCUT2D eigenvalue weighted by molar-refractivity contribution is 8.00. The van der Waals surface area contributed by atoms with Gasteiger partial charge in [0.1, 0.15) is 0 Å². The summed E-state index contributed by atoms with van der Waals surface area (Å²) in [6.07, 6.45) is 0. The first-order valence-corrected chi connectivity index (χ1v) is 14.2. The summed E-state index contributed by atoms with van der Waals surface area (Å²) in [5.74, 6) is 0. The van der Waals surface area contributed by atoms with Crippen LogP contribution in [0.3, 0.4) is 0 Å². The zero-order chi connectivity index (χ0) is 25.6. The lowest BCUT2D eigenvalue weighted by Gasteiger charge is -2.41. The smallest absolute Gasteiger partial charge is 0.320 e. The number of carbonyl (C=O) groups is 2. The molecule has 1 saturated heterocycles. The number of carbonyl (C=O) groups excluding carboxylic acids is 2. The highest BCUT2D eigenvalue weighted by Crippen LogP contribution is 2.49. The van der Waals surface area contributed by atoms with Crippen molar-refractivity contribution in [1.29, 1.82) is 0 Å². The topological polar surface area (TPSA) is 47.1 Å². The Kier molecular flexibility index (Phi) is 5.78. The van der Waals surface area contributed by atoms with Crippen molar-refractivity contribution in [2.24, 2.45) is 0 Å². The van der Waals surface area contributed by atoms with Crippen molar-refractivity contribution < 1.29 is 9.59 Å². The van der Waals surface area contributed by atoms with Gasteiger partial charge in [-0.3, -0.25) is 9.80 Å². The second kappa shape index (κ2) is 9.45. The minimum Gasteiger partial charge on any atom is -0.320 e. The lowest BCUT2D eigenvalue weighted by Crippen LogP contribution is -2.55. The van der Waals surface area contributed by atoms with E-state index < -0.39 is 0 Å². The molecule has 0 saturated carbocycles. The zero-order valence-electron chi connectivity index (χ0n) is 20.5. The molecule has 0 bridgehead atoms. The van der Waals surface area contributed by atoms with Crippen molar-refractivity contribution >= 4 is 58.3 Å². The third-order valence-corrected chi connectivity index (χ3v) is 9.33. The zero-order valence-corrected chi connectivity index (χ0v) is 22.1. The summed E-state index contributed by atoms with van der Waals surface area (Å²) in [5.41, 5.74) is 3.61. The predicted octanol–water partition coefficient (Wildman–Crippen LogP) is 7.45. The van der Waals surface area contributed by atoms with E-state index in [2.05, 4.69) is 24.3 Å². The van der Waals surface area contributed by atoms with E-state index in [1.165, 1.54) is 0 Å². The number of anilines is 4.